The lowest BCUT2D eigenvalue weighted by Crippen LogP contribution is -2.38. The number of piperidine rings is 1. The van der Waals surface area contributed by atoms with Gasteiger partial charge in [-0.2, -0.15) is 15.0 Å². The van der Waals surface area contributed by atoms with E-state index in [-0.39, 0.29) is 0 Å². The summed E-state index contributed by atoms with van der Waals surface area (Å²) in [6.07, 6.45) is 2.29. The molecule has 0 aromatic carbocycles. The topological polar surface area (TPSA) is 92.4 Å². The lowest BCUT2D eigenvalue weighted by molar-refractivity contribution is 0.143. The first-order valence-corrected chi connectivity index (χ1v) is 6.78. The minimum Gasteiger partial charge on any atom is -0.384 e. The van der Waals surface area contributed by atoms with Crippen LogP contribution in [-0.4, -0.2) is 55.9 Å². The lowest BCUT2D eigenvalue weighted by Gasteiger charge is -2.32. The second kappa shape index (κ2) is 6.67. The van der Waals surface area contributed by atoms with Crippen molar-refractivity contribution in [2.45, 2.75) is 12.8 Å². The van der Waals surface area contributed by atoms with Gasteiger partial charge in [-0.3, -0.25) is 5.43 Å². The molecule has 2 rings (SSSR count). The number of nitrogens with two attached hydrogens (primary N) is 1. The Morgan fingerprint density at radius 2 is 2.20 bits per heavy atom. The fourth-order valence-corrected chi connectivity index (χ4v) is 2.38. The zero-order chi connectivity index (χ0) is 14.5. The van der Waals surface area contributed by atoms with E-state index in [1.165, 1.54) is 6.42 Å². The first kappa shape index (κ1) is 14.7. The molecule has 1 aliphatic rings. The highest BCUT2D eigenvalue weighted by Gasteiger charge is 2.23. The Morgan fingerprint density at radius 3 is 2.85 bits per heavy atom. The molecule has 1 aliphatic heterocycles. The van der Waals surface area contributed by atoms with Gasteiger partial charge in [0.05, 0.1) is 6.61 Å². The maximum atomic E-state index is 5.43. The Morgan fingerprint density at radius 1 is 1.40 bits per heavy atom. The molecule has 0 bridgehead atoms. The molecule has 20 heavy (non-hydrogen) atoms. The Hall–Kier alpha value is -1.67. The summed E-state index contributed by atoms with van der Waals surface area (Å²) in [5, 5.41) is 0. The zero-order valence-corrected chi connectivity index (χ0v) is 12.3. The summed E-state index contributed by atoms with van der Waals surface area (Å²) >= 11 is 0. The number of rotatable bonds is 5. The molecule has 8 nitrogen and oxygen atoms in total. The monoisotopic (exact) mass is 281 g/mol. The van der Waals surface area contributed by atoms with Gasteiger partial charge in [0.25, 0.3) is 0 Å². The van der Waals surface area contributed by atoms with E-state index in [0.29, 0.717) is 23.8 Å². The highest BCUT2D eigenvalue weighted by Crippen LogP contribution is 2.22. The minimum absolute atomic E-state index is 0.382. The van der Waals surface area contributed by atoms with Crippen LogP contribution in [0, 0.1) is 5.92 Å². The SMILES string of the molecule is COCC1CCCN(c2nc(NN)nc(N(C)C)n2)C1. The number of nitrogens with zero attached hydrogens (tertiary/aromatic N) is 5. The van der Waals surface area contributed by atoms with Gasteiger partial charge in [0, 0.05) is 34.3 Å². The van der Waals surface area contributed by atoms with Crippen LogP contribution in [0.15, 0.2) is 0 Å². The van der Waals surface area contributed by atoms with Crippen LogP contribution in [0.4, 0.5) is 17.8 Å². The number of methoxy groups -OCH3 is 1. The standard InChI is InChI=1S/C12H23N7O/c1-18(2)11-14-10(17-13)15-12(16-11)19-6-4-5-9(7-19)8-20-3/h9H,4-8,13H2,1-3H3,(H,14,15,16,17). The number of nitrogens with one attached hydrogen (secondary N) is 1. The minimum atomic E-state index is 0.382. The van der Waals surface area contributed by atoms with E-state index in [2.05, 4.69) is 25.3 Å². The predicted molar refractivity (Wildman–Crippen MR) is 78.8 cm³/mol. The van der Waals surface area contributed by atoms with Crippen LogP contribution in [0.5, 0.6) is 0 Å². The molecule has 1 aromatic rings. The molecular formula is C12H23N7O. The van der Waals surface area contributed by atoms with Gasteiger partial charge in [-0.25, -0.2) is 5.84 Å². The molecule has 0 radical (unpaired) electrons. The van der Waals surface area contributed by atoms with Crippen molar-refractivity contribution in [3.8, 4) is 0 Å². The van der Waals surface area contributed by atoms with Gasteiger partial charge in [-0.15, -0.1) is 0 Å². The van der Waals surface area contributed by atoms with Crippen molar-refractivity contribution in [1.29, 1.82) is 0 Å². The third kappa shape index (κ3) is 3.45. The Balaban J connectivity index is 2.20. The molecular weight excluding hydrogens is 258 g/mol. The van der Waals surface area contributed by atoms with Crippen molar-refractivity contribution in [3.63, 3.8) is 0 Å². The van der Waals surface area contributed by atoms with Gasteiger partial charge < -0.3 is 14.5 Å². The molecule has 112 valence electrons. The first-order chi connectivity index (χ1) is 9.63. The number of hydrogen-bond acceptors (Lipinski definition) is 8. The van der Waals surface area contributed by atoms with Crippen LogP contribution >= 0.6 is 0 Å². The molecule has 0 spiro atoms. The molecule has 3 N–H and O–H groups in total. The summed E-state index contributed by atoms with van der Waals surface area (Å²) < 4.78 is 5.25. The summed E-state index contributed by atoms with van der Waals surface area (Å²) in [7, 11) is 5.52. The third-order valence-electron chi connectivity index (χ3n) is 3.35. The van der Waals surface area contributed by atoms with Crippen LogP contribution < -0.4 is 21.1 Å². The van der Waals surface area contributed by atoms with Crippen LogP contribution in [0.2, 0.25) is 0 Å². The predicted octanol–water partition coefficient (Wildman–Crippen LogP) is 0.0860. The Bertz CT molecular complexity index is 438. The smallest absolute Gasteiger partial charge is 0.243 e. The van der Waals surface area contributed by atoms with Crippen molar-refractivity contribution < 1.29 is 4.74 Å². The molecule has 2 heterocycles. The fraction of sp³-hybridized carbons (Fsp3) is 0.750. The lowest BCUT2D eigenvalue weighted by atomic mass is 9.99. The van der Waals surface area contributed by atoms with Crippen LogP contribution in [0.25, 0.3) is 0 Å². The number of nitrogen functional groups attached to an aromatic ring is 1. The summed E-state index contributed by atoms with van der Waals surface area (Å²) in [5.74, 6) is 7.59. The number of anilines is 3. The zero-order valence-electron chi connectivity index (χ0n) is 12.3. The highest BCUT2D eigenvalue weighted by molar-refractivity contribution is 5.44. The molecule has 1 aromatic heterocycles. The van der Waals surface area contributed by atoms with Crippen LogP contribution in [0.3, 0.4) is 0 Å². The van der Waals surface area contributed by atoms with Gasteiger partial charge in [-0.1, -0.05) is 0 Å². The fourth-order valence-electron chi connectivity index (χ4n) is 2.38. The van der Waals surface area contributed by atoms with Crippen molar-refractivity contribution in [1.82, 2.24) is 15.0 Å². The quantitative estimate of drug-likeness (QED) is 0.579. The van der Waals surface area contributed by atoms with Crippen molar-refractivity contribution in [2.75, 3.05) is 56.1 Å². The average molecular weight is 281 g/mol. The molecule has 1 saturated heterocycles. The number of hydrogen-bond donors (Lipinski definition) is 2. The van der Waals surface area contributed by atoms with E-state index >= 15 is 0 Å². The number of aromatic nitrogens is 3. The van der Waals surface area contributed by atoms with E-state index in [1.807, 2.05) is 19.0 Å². The molecule has 1 atom stereocenters. The molecule has 1 fully saturated rings. The summed E-state index contributed by atoms with van der Waals surface area (Å²) in [6, 6.07) is 0. The van der Waals surface area contributed by atoms with Gasteiger partial charge in [0.1, 0.15) is 0 Å². The van der Waals surface area contributed by atoms with E-state index in [1.54, 1.807) is 7.11 Å². The summed E-state index contributed by atoms with van der Waals surface area (Å²) in [6.45, 7) is 2.61. The molecule has 0 aliphatic carbocycles. The maximum absolute atomic E-state index is 5.43. The second-order valence-electron chi connectivity index (χ2n) is 5.21. The van der Waals surface area contributed by atoms with E-state index in [4.69, 9.17) is 10.6 Å². The van der Waals surface area contributed by atoms with E-state index in [0.717, 1.165) is 26.1 Å². The van der Waals surface area contributed by atoms with Crippen molar-refractivity contribution in [3.05, 3.63) is 0 Å². The second-order valence-corrected chi connectivity index (χ2v) is 5.21. The van der Waals surface area contributed by atoms with E-state index in [9.17, 15) is 0 Å². The first-order valence-electron chi connectivity index (χ1n) is 6.78. The van der Waals surface area contributed by atoms with Gasteiger partial charge in [0.15, 0.2) is 0 Å². The van der Waals surface area contributed by atoms with E-state index < -0.39 is 0 Å². The van der Waals surface area contributed by atoms with Gasteiger partial charge in [-0.05, 0) is 18.8 Å². The molecule has 0 saturated carbocycles. The third-order valence-corrected chi connectivity index (χ3v) is 3.35. The normalized spacial score (nSPS) is 19.0. The van der Waals surface area contributed by atoms with Crippen molar-refractivity contribution >= 4 is 17.8 Å². The molecule has 1 unspecified atom stereocenters. The van der Waals surface area contributed by atoms with Gasteiger partial charge in [0.2, 0.25) is 17.8 Å². The highest BCUT2D eigenvalue weighted by atomic mass is 16.5. The Kier molecular flexibility index (Phi) is 4.91. The number of ether oxygens (including phenoxy) is 1. The van der Waals surface area contributed by atoms with Gasteiger partial charge >= 0.3 is 0 Å². The van der Waals surface area contributed by atoms with Crippen LogP contribution in [0.1, 0.15) is 12.8 Å². The Labute approximate surface area is 119 Å². The summed E-state index contributed by atoms with van der Waals surface area (Å²) in [5.41, 5.74) is 2.50. The number of hydrazine groups is 1. The molecule has 8 heteroatoms. The average Bonchev–Trinajstić information content (AvgIpc) is 2.47. The van der Waals surface area contributed by atoms with Crippen LogP contribution in [-0.2, 0) is 4.74 Å². The largest absolute Gasteiger partial charge is 0.384 e. The van der Waals surface area contributed by atoms with Crippen molar-refractivity contribution in [2.24, 2.45) is 11.8 Å². The summed E-state index contributed by atoms with van der Waals surface area (Å²) in [4.78, 5) is 17.1. The maximum Gasteiger partial charge on any atom is 0.243 e. The molecule has 0 amide bonds.